The predicted octanol–water partition coefficient (Wildman–Crippen LogP) is 0.929. The van der Waals surface area contributed by atoms with Crippen molar-refractivity contribution in [2.24, 2.45) is 0 Å². The number of aromatic nitrogens is 1. The molecule has 0 saturated heterocycles. The van der Waals surface area contributed by atoms with Crippen LogP contribution < -0.4 is 0 Å². The molecular formula is C10H13NO3. The number of nitrogens with zero attached hydrogens (tertiary/aromatic N) is 1. The number of carbonyl (C=O) groups excluding carboxylic acids is 1. The molecule has 0 spiro atoms. The molecule has 0 fully saturated rings. The fourth-order valence-electron chi connectivity index (χ4n) is 1.01. The number of carbonyl (C=O) groups is 1. The molecule has 1 aromatic heterocycles. The third-order valence-electron chi connectivity index (χ3n) is 1.76. The molecule has 0 amide bonds. The molecule has 0 aliphatic heterocycles. The maximum Gasteiger partial charge on any atom is 0.339 e. The van der Waals surface area contributed by atoms with E-state index in [4.69, 9.17) is 9.84 Å². The molecule has 0 unspecified atom stereocenters. The highest BCUT2D eigenvalue weighted by Gasteiger charge is 2.09. The molecule has 0 aliphatic rings. The van der Waals surface area contributed by atoms with Crippen molar-refractivity contribution in [1.29, 1.82) is 0 Å². The van der Waals surface area contributed by atoms with Crippen LogP contribution in [-0.2, 0) is 4.74 Å². The summed E-state index contributed by atoms with van der Waals surface area (Å²) in [6, 6.07) is 3.36. The van der Waals surface area contributed by atoms with Gasteiger partial charge in [0.05, 0.1) is 17.9 Å². The summed E-state index contributed by atoms with van der Waals surface area (Å²) in [6.07, 6.45) is 2.09. The number of rotatable bonds is 4. The van der Waals surface area contributed by atoms with Crippen LogP contribution in [0.3, 0.4) is 0 Å². The molecule has 0 bridgehead atoms. The molecule has 0 atom stereocenters. The van der Waals surface area contributed by atoms with Gasteiger partial charge in [-0.05, 0) is 19.1 Å². The Morgan fingerprint density at radius 3 is 3.07 bits per heavy atom. The van der Waals surface area contributed by atoms with Gasteiger partial charge in [-0.1, -0.05) is 0 Å². The van der Waals surface area contributed by atoms with Crippen molar-refractivity contribution in [2.45, 2.75) is 13.3 Å². The van der Waals surface area contributed by atoms with Crippen LogP contribution in [0.25, 0.3) is 0 Å². The summed E-state index contributed by atoms with van der Waals surface area (Å²) in [6.45, 7) is 2.02. The maximum atomic E-state index is 11.4. The Bertz CT molecular complexity index is 312. The van der Waals surface area contributed by atoms with Crippen LogP contribution in [0.2, 0.25) is 0 Å². The van der Waals surface area contributed by atoms with E-state index in [9.17, 15) is 4.79 Å². The first kappa shape index (κ1) is 10.7. The van der Waals surface area contributed by atoms with Gasteiger partial charge in [-0.3, -0.25) is 4.98 Å². The highest BCUT2D eigenvalue weighted by atomic mass is 16.5. The molecule has 0 radical (unpaired) electrons. The van der Waals surface area contributed by atoms with E-state index in [1.54, 1.807) is 25.3 Å². The second-order valence-electron chi connectivity index (χ2n) is 2.85. The first-order chi connectivity index (χ1) is 6.75. The lowest BCUT2D eigenvalue weighted by Crippen LogP contribution is -2.09. The summed E-state index contributed by atoms with van der Waals surface area (Å²) in [5, 5.41) is 8.50. The molecule has 1 rings (SSSR count). The fourth-order valence-corrected chi connectivity index (χ4v) is 1.01. The Labute approximate surface area is 82.5 Å². The van der Waals surface area contributed by atoms with Crippen molar-refractivity contribution in [1.82, 2.24) is 4.98 Å². The van der Waals surface area contributed by atoms with Crippen LogP contribution in [0.15, 0.2) is 18.3 Å². The zero-order valence-electron chi connectivity index (χ0n) is 8.06. The number of aliphatic hydroxyl groups is 1. The Morgan fingerprint density at radius 1 is 1.64 bits per heavy atom. The van der Waals surface area contributed by atoms with Gasteiger partial charge < -0.3 is 9.84 Å². The van der Waals surface area contributed by atoms with E-state index >= 15 is 0 Å². The highest BCUT2D eigenvalue weighted by molar-refractivity contribution is 5.90. The molecule has 4 heteroatoms. The standard InChI is InChI=1S/C10H13NO3/c1-8-9(4-2-5-11-8)10(13)14-7-3-6-12/h2,4-5,12H,3,6-7H2,1H3. The van der Waals surface area contributed by atoms with Crippen molar-refractivity contribution < 1.29 is 14.6 Å². The Morgan fingerprint density at radius 2 is 2.43 bits per heavy atom. The summed E-state index contributed by atoms with van der Waals surface area (Å²) in [5.74, 6) is -0.385. The minimum atomic E-state index is -0.385. The molecule has 14 heavy (non-hydrogen) atoms. The number of aryl methyl sites for hydroxylation is 1. The molecule has 1 heterocycles. The maximum absolute atomic E-state index is 11.4. The fraction of sp³-hybridized carbons (Fsp3) is 0.400. The summed E-state index contributed by atoms with van der Waals surface area (Å²) >= 11 is 0. The van der Waals surface area contributed by atoms with Gasteiger partial charge in [0, 0.05) is 19.2 Å². The van der Waals surface area contributed by atoms with Gasteiger partial charge in [0.1, 0.15) is 0 Å². The van der Waals surface area contributed by atoms with E-state index in [-0.39, 0.29) is 19.2 Å². The zero-order valence-corrected chi connectivity index (χ0v) is 8.06. The van der Waals surface area contributed by atoms with Crippen molar-refractivity contribution in [3.05, 3.63) is 29.6 Å². The Balaban J connectivity index is 2.56. The average molecular weight is 195 g/mol. The lowest BCUT2D eigenvalue weighted by molar-refractivity contribution is 0.0481. The predicted molar refractivity (Wildman–Crippen MR) is 51.0 cm³/mol. The van der Waals surface area contributed by atoms with Crippen molar-refractivity contribution in [3.63, 3.8) is 0 Å². The molecule has 1 aromatic rings. The smallest absolute Gasteiger partial charge is 0.339 e. The molecular weight excluding hydrogens is 182 g/mol. The van der Waals surface area contributed by atoms with Crippen molar-refractivity contribution >= 4 is 5.97 Å². The molecule has 0 aliphatic carbocycles. The first-order valence-corrected chi connectivity index (χ1v) is 4.45. The van der Waals surface area contributed by atoms with Crippen LogP contribution in [-0.4, -0.2) is 29.3 Å². The van der Waals surface area contributed by atoms with Crippen LogP contribution in [0.4, 0.5) is 0 Å². The minimum Gasteiger partial charge on any atom is -0.462 e. The minimum absolute atomic E-state index is 0.0271. The molecule has 0 saturated carbocycles. The number of aliphatic hydroxyl groups excluding tert-OH is 1. The molecule has 1 N–H and O–H groups in total. The van der Waals surface area contributed by atoms with E-state index in [1.165, 1.54) is 0 Å². The van der Waals surface area contributed by atoms with Gasteiger partial charge in [0.2, 0.25) is 0 Å². The van der Waals surface area contributed by atoms with Crippen LogP contribution >= 0.6 is 0 Å². The number of pyridine rings is 1. The van der Waals surface area contributed by atoms with Gasteiger partial charge in [-0.2, -0.15) is 0 Å². The van der Waals surface area contributed by atoms with Crippen molar-refractivity contribution in [3.8, 4) is 0 Å². The quantitative estimate of drug-likeness (QED) is 0.573. The SMILES string of the molecule is Cc1ncccc1C(=O)OCCCO. The first-order valence-electron chi connectivity index (χ1n) is 4.45. The monoisotopic (exact) mass is 195 g/mol. The molecule has 4 nitrogen and oxygen atoms in total. The average Bonchev–Trinajstić information content (AvgIpc) is 2.18. The van der Waals surface area contributed by atoms with Crippen molar-refractivity contribution in [2.75, 3.05) is 13.2 Å². The number of hydrogen-bond donors (Lipinski definition) is 1. The number of hydrogen-bond acceptors (Lipinski definition) is 4. The third-order valence-corrected chi connectivity index (χ3v) is 1.76. The molecule has 0 aromatic carbocycles. The van der Waals surface area contributed by atoms with E-state index in [1.807, 2.05) is 0 Å². The second kappa shape index (κ2) is 5.34. The van der Waals surface area contributed by atoms with E-state index < -0.39 is 0 Å². The van der Waals surface area contributed by atoms with Gasteiger partial charge in [0.15, 0.2) is 0 Å². The molecule has 76 valence electrons. The highest BCUT2D eigenvalue weighted by Crippen LogP contribution is 2.05. The Hall–Kier alpha value is -1.42. The topological polar surface area (TPSA) is 59.4 Å². The van der Waals surface area contributed by atoms with Gasteiger partial charge in [-0.25, -0.2) is 4.79 Å². The lowest BCUT2D eigenvalue weighted by Gasteiger charge is -2.04. The summed E-state index contributed by atoms with van der Waals surface area (Å²) < 4.78 is 4.91. The van der Waals surface area contributed by atoms with E-state index in [0.717, 1.165) is 0 Å². The van der Waals surface area contributed by atoms with Gasteiger partial charge in [0.25, 0.3) is 0 Å². The van der Waals surface area contributed by atoms with Gasteiger partial charge >= 0.3 is 5.97 Å². The number of ether oxygens (including phenoxy) is 1. The van der Waals surface area contributed by atoms with Crippen LogP contribution in [0.5, 0.6) is 0 Å². The lowest BCUT2D eigenvalue weighted by atomic mass is 10.2. The normalized spacial score (nSPS) is 9.86. The van der Waals surface area contributed by atoms with E-state index in [0.29, 0.717) is 17.7 Å². The summed E-state index contributed by atoms with van der Waals surface area (Å²) in [4.78, 5) is 15.4. The van der Waals surface area contributed by atoms with E-state index in [2.05, 4.69) is 4.98 Å². The summed E-state index contributed by atoms with van der Waals surface area (Å²) in [5.41, 5.74) is 1.13. The second-order valence-corrected chi connectivity index (χ2v) is 2.85. The Kier molecular flexibility index (Phi) is 4.07. The third kappa shape index (κ3) is 2.81. The van der Waals surface area contributed by atoms with Crippen LogP contribution in [0.1, 0.15) is 22.5 Å². The summed E-state index contributed by atoms with van der Waals surface area (Å²) in [7, 11) is 0. The largest absolute Gasteiger partial charge is 0.462 e. The van der Waals surface area contributed by atoms with Crippen LogP contribution in [0, 0.1) is 6.92 Å². The number of esters is 1. The zero-order chi connectivity index (χ0) is 10.4. The van der Waals surface area contributed by atoms with Gasteiger partial charge in [-0.15, -0.1) is 0 Å².